The summed E-state index contributed by atoms with van der Waals surface area (Å²) in [6, 6.07) is 10.9. The lowest BCUT2D eigenvalue weighted by Crippen LogP contribution is -2.41. The van der Waals surface area contributed by atoms with Gasteiger partial charge in [-0.1, -0.05) is 24.3 Å². The molecule has 0 atom stereocenters. The summed E-state index contributed by atoms with van der Waals surface area (Å²) >= 11 is 0. The van der Waals surface area contributed by atoms with Crippen LogP contribution in [0.15, 0.2) is 47.5 Å². The fourth-order valence-corrected chi connectivity index (χ4v) is 2.39. The number of benzene rings is 2. The maximum absolute atomic E-state index is 13.6. The van der Waals surface area contributed by atoms with Crippen LogP contribution in [0.1, 0.15) is 16.7 Å². The third-order valence-electron chi connectivity index (χ3n) is 3.94. The van der Waals surface area contributed by atoms with Crippen LogP contribution in [0.2, 0.25) is 0 Å². The summed E-state index contributed by atoms with van der Waals surface area (Å²) in [5.74, 6) is -0.137. The van der Waals surface area contributed by atoms with E-state index < -0.39 is 0 Å². The van der Waals surface area contributed by atoms with Crippen LogP contribution in [0.4, 0.5) is 8.78 Å². The van der Waals surface area contributed by atoms with Crippen LogP contribution in [0.25, 0.3) is 0 Å². The second-order valence-corrected chi connectivity index (χ2v) is 6.09. The number of carbonyl (C=O) groups is 1. The number of aliphatic imine (C=N–C) groups is 1. The van der Waals surface area contributed by atoms with E-state index in [0.717, 1.165) is 11.1 Å². The van der Waals surface area contributed by atoms with Crippen LogP contribution in [0.5, 0.6) is 0 Å². The van der Waals surface area contributed by atoms with Crippen molar-refractivity contribution in [3.05, 3.63) is 70.8 Å². The molecule has 0 aliphatic heterocycles. The highest BCUT2D eigenvalue weighted by Gasteiger charge is 2.04. The van der Waals surface area contributed by atoms with Crippen molar-refractivity contribution in [1.29, 1.82) is 0 Å². The molecule has 1 amide bonds. The first-order valence-electron chi connectivity index (χ1n) is 8.68. The molecule has 2 aromatic carbocycles. The molecule has 3 N–H and O–H groups in total. The molecule has 0 bridgehead atoms. The Morgan fingerprint density at radius 2 is 1.63 bits per heavy atom. The minimum absolute atomic E-state index is 0.138. The number of aryl methyl sites for hydroxylation is 1. The molecule has 0 aromatic heterocycles. The van der Waals surface area contributed by atoms with Crippen molar-refractivity contribution in [1.82, 2.24) is 16.0 Å². The Labute approximate surface area is 157 Å². The Morgan fingerprint density at radius 3 is 2.30 bits per heavy atom. The Hall–Kier alpha value is -2.96. The quantitative estimate of drug-likeness (QED) is 0.396. The molecule has 0 spiro atoms. The van der Waals surface area contributed by atoms with Crippen molar-refractivity contribution in [3.8, 4) is 0 Å². The molecule has 0 saturated heterocycles. The zero-order valence-electron chi connectivity index (χ0n) is 15.5. The predicted molar refractivity (Wildman–Crippen MR) is 102 cm³/mol. The molecule has 0 saturated carbocycles. The van der Waals surface area contributed by atoms with Crippen molar-refractivity contribution in [2.24, 2.45) is 4.99 Å². The molecule has 0 heterocycles. The lowest BCUT2D eigenvalue weighted by Gasteiger charge is -2.13. The molecule has 0 fully saturated rings. The first-order valence-corrected chi connectivity index (χ1v) is 8.68. The second kappa shape index (κ2) is 10.3. The summed E-state index contributed by atoms with van der Waals surface area (Å²) in [5, 5.41) is 8.95. The maximum Gasteiger partial charge on any atom is 0.224 e. The fourth-order valence-electron chi connectivity index (χ4n) is 2.39. The first-order chi connectivity index (χ1) is 13.0. The standard InChI is InChI=1S/C20H24F2N4O/c1-14-3-4-16(11-18(14)22)13-26-20(23-2)25-10-9-24-19(27)12-15-5-7-17(21)8-6-15/h3-8,11H,9-10,12-13H2,1-2H3,(H,24,27)(H2,23,25,26). The fraction of sp³-hybridized carbons (Fsp3) is 0.300. The van der Waals surface area contributed by atoms with Gasteiger partial charge in [-0.05, 0) is 41.8 Å². The predicted octanol–water partition coefficient (Wildman–Crippen LogP) is 2.30. The average molecular weight is 374 g/mol. The Morgan fingerprint density at radius 1 is 0.963 bits per heavy atom. The lowest BCUT2D eigenvalue weighted by molar-refractivity contribution is -0.120. The van der Waals surface area contributed by atoms with Gasteiger partial charge in [0.15, 0.2) is 5.96 Å². The molecule has 5 nitrogen and oxygen atoms in total. The number of carbonyl (C=O) groups excluding carboxylic acids is 1. The van der Waals surface area contributed by atoms with Gasteiger partial charge in [0.05, 0.1) is 6.42 Å². The highest BCUT2D eigenvalue weighted by molar-refractivity contribution is 5.80. The summed E-state index contributed by atoms with van der Waals surface area (Å²) in [5.41, 5.74) is 2.18. The van der Waals surface area contributed by atoms with Crippen LogP contribution in [0, 0.1) is 18.6 Å². The van der Waals surface area contributed by atoms with Crippen molar-refractivity contribution in [2.45, 2.75) is 19.9 Å². The largest absolute Gasteiger partial charge is 0.355 e. The second-order valence-electron chi connectivity index (χ2n) is 6.09. The first kappa shape index (κ1) is 20.4. The van der Waals surface area contributed by atoms with Gasteiger partial charge in [0.2, 0.25) is 5.91 Å². The molecule has 7 heteroatoms. The zero-order chi connectivity index (χ0) is 19.6. The van der Waals surface area contributed by atoms with E-state index in [9.17, 15) is 13.6 Å². The van der Waals surface area contributed by atoms with Gasteiger partial charge in [-0.2, -0.15) is 0 Å². The highest BCUT2D eigenvalue weighted by Crippen LogP contribution is 2.08. The molecule has 0 aliphatic carbocycles. The van der Waals surface area contributed by atoms with Crippen LogP contribution < -0.4 is 16.0 Å². The minimum Gasteiger partial charge on any atom is -0.355 e. The van der Waals surface area contributed by atoms with Gasteiger partial charge in [0.1, 0.15) is 11.6 Å². The summed E-state index contributed by atoms with van der Waals surface area (Å²) in [7, 11) is 1.64. The summed E-state index contributed by atoms with van der Waals surface area (Å²) in [6.45, 7) is 3.06. The zero-order valence-corrected chi connectivity index (χ0v) is 15.5. The van der Waals surface area contributed by atoms with Gasteiger partial charge in [0.25, 0.3) is 0 Å². The van der Waals surface area contributed by atoms with E-state index in [2.05, 4.69) is 20.9 Å². The highest BCUT2D eigenvalue weighted by atomic mass is 19.1. The number of hydrogen-bond acceptors (Lipinski definition) is 2. The van der Waals surface area contributed by atoms with Crippen molar-refractivity contribution in [2.75, 3.05) is 20.1 Å². The summed E-state index contributed by atoms with van der Waals surface area (Å²) < 4.78 is 26.4. The monoisotopic (exact) mass is 374 g/mol. The third kappa shape index (κ3) is 7.05. The molecule has 144 valence electrons. The average Bonchev–Trinajstić information content (AvgIpc) is 2.66. The number of hydrogen-bond donors (Lipinski definition) is 3. The molecular formula is C20H24F2N4O. The van der Waals surface area contributed by atoms with E-state index >= 15 is 0 Å². The number of amides is 1. The van der Waals surface area contributed by atoms with E-state index in [1.165, 1.54) is 18.2 Å². The number of halogens is 2. The molecule has 27 heavy (non-hydrogen) atoms. The summed E-state index contributed by atoms with van der Waals surface area (Å²) in [6.07, 6.45) is 0.201. The summed E-state index contributed by atoms with van der Waals surface area (Å²) in [4.78, 5) is 16.0. The molecule has 2 rings (SSSR count). The van der Waals surface area contributed by atoms with E-state index in [1.54, 1.807) is 32.2 Å². The van der Waals surface area contributed by atoms with E-state index in [-0.39, 0.29) is 24.0 Å². The van der Waals surface area contributed by atoms with Crippen molar-refractivity contribution >= 4 is 11.9 Å². The van der Waals surface area contributed by atoms with E-state index in [1.807, 2.05) is 6.07 Å². The van der Waals surface area contributed by atoms with Gasteiger partial charge in [-0.3, -0.25) is 9.79 Å². The van der Waals surface area contributed by atoms with Gasteiger partial charge < -0.3 is 16.0 Å². The number of rotatable bonds is 7. The smallest absolute Gasteiger partial charge is 0.224 e. The van der Waals surface area contributed by atoms with Crippen LogP contribution in [-0.2, 0) is 17.8 Å². The van der Waals surface area contributed by atoms with Crippen LogP contribution in [0.3, 0.4) is 0 Å². The van der Waals surface area contributed by atoms with Gasteiger partial charge in [0, 0.05) is 26.7 Å². The van der Waals surface area contributed by atoms with Crippen LogP contribution >= 0.6 is 0 Å². The topological polar surface area (TPSA) is 65.5 Å². The SMILES string of the molecule is CN=C(NCCNC(=O)Cc1ccc(F)cc1)NCc1ccc(C)c(F)c1. The van der Waals surface area contributed by atoms with E-state index in [0.29, 0.717) is 31.2 Å². The molecule has 0 aliphatic rings. The van der Waals surface area contributed by atoms with Crippen molar-refractivity contribution < 1.29 is 13.6 Å². The number of nitrogens with one attached hydrogen (secondary N) is 3. The molecule has 0 unspecified atom stereocenters. The lowest BCUT2D eigenvalue weighted by atomic mass is 10.1. The number of nitrogens with zero attached hydrogens (tertiary/aromatic N) is 1. The third-order valence-corrected chi connectivity index (χ3v) is 3.94. The molecule has 0 radical (unpaired) electrons. The Balaban J connectivity index is 1.67. The molecule has 2 aromatic rings. The van der Waals surface area contributed by atoms with Gasteiger partial charge >= 0.3 is 0 Å². The minimum atomic E-state index is -0.324. The maximum atomic E-state index is 13.6. The number of guanidine groups is 1. The molecular weight excluding hydrogens is 350 g/mol. The van der Waals surface area contributed by atoms with Gasteiger partial charge in [-0.15, -0.1) is 0 Å². The normalized spacial score (nSPS) is 11.2. The van der Waals surface area contributed by atoms with Crippen LogP contribution in [-0.4, -0.2) is 32.0 Å². The Bertz CT molecular complexity index is 791. The Kier molecular flexibility index (Phi) is 7.73. The van der Waals surface area contributed by atoms with E-state index in [4.69, 9.17) is 0 Å². The van der Waals surface area contributed by atoms with Crippen molar-refractivity contribution in [3.63, 3.8) is 0 Å². The van der Waals surface area contributed by atoms with Gasteiger partial charge in [-0.25, -0.2) is 8.78 Å².